The molecule has 6 heteroatoms. The van der Waals surface area contributed by atoms with Gasteiger partial charge in [0.1, 0.15) is 17.5 Å². The molecule has 0 atom stereocenters. The van der Waals surface area contributed by atoms with Crippen LogP contribution in [-0.4, -0.2) is 15.0 Å². The zero-order valence-electron chi connectivity index (χ0n) is 12.4. The molecule has 2 aliphatic rings. The maximum atomic E-state index is 13.2. The van der Waals surface area contributed by atoms with Crippen LogP contribution in [0.15, 0.2) is 54.7 Å². The van der Waals surface area contributed by atoms with Gasteiger partial charge in [0.2, 0.25) is 0 Å². The molecule has 118 valence electrons. The van der Waals surface area contributed by atoms with Crippen LogP contribution in [0, 0.1) is 11.6 Å². The van der Waals surface area contributed by atoms with Gasteiger partial charge in [-0.25, -0.2) is 18.7 Å². The van der Waals surface area contributed by atoms with E-state index in [2.05, 4.69) is 15.0 Å². The minimum Gasteiger partial charge on any atom is -0.369 e. The van der Waals surface area contributed by atoms with Crippen LogP contribution in [0.25, 0.3) is 33.8 Å². The zero-order valence-corrected chi connectivity index (χ0v) is 12.4. The van der Waals surface area contributed by atoms with Crippen molar-refractivity contribution in [2.45, 2.75) is 0 Å². The number of nitrogens with zero attached hydrogens (tertiary/aromatic N) is 2. The summed E-state index contributed by atoms with van der Waals surface area (Å²) in [4.78, 5) is 11.6. The van der Waals surface area contributed by atoms with Crippen LogP contribution in [0.3, 0.4) is 0 Å². The number of hydrogen-bond donors (Lipinski definition) is 2. The number of hydrogen-bond acceptors (Lipinski definition) is 3. The highest BCUT2D eigenvalue weighted by Crippen LogP contribution is 2.39. The summed E-state index contributed by atoms with van der Waals surface area (Å²) in [5.41, 5.74) is 9.50. The zero-order chi connectivity index (χ0) is 16.7. The minimum absolute atomic E-state index is 0.214. The number of aromatic amines is 1. The number of aromatic nitrogens is 3. The summed E-state index contributed by atoms with van der Waals surface area (Å²) in [5, 5.41) is 0. The molecule has 2 aromatic carbocycles. The Morgan fingerprint density at radius 1 is 0.833 bits per heavy atom. The Kier molecular flexibility index (Phi) is 3.23. The molecule has 0 amide bonds. The first kappa shape index (κ1) is 14.3. The fourth-order valence-corrected chi connectivity index (χ4v) is 2.71. The third-order valence-corrected chi connectivity index (χ3v) is 3.82. The van der Waals surface area contributed by atoms with E-state index in [1.807, 2.05) is 0 Å². The Labute approximate surface area is 136 Å². The number of nitrogen functional groups attached to an aromatic ring is 1. The van der Waals surface area contributed by atoms with Gasteiger partial charge in [0, 0.05) is 17.3 Å². The van der Waals surface area contributed by atoms with E-state index in [1.54, 1.807) is 30.5 Å². The van der Waals surface area contributed by atoms with E-state index in [-0.39, 0.29) is 17.6 Å². The molecule has 0 aliphatic carbocycles. The smallest absolute Gasteiger partial charge is 0.199 e. The molecule has 0 radical (unpaired) electrons. The minimum atomic E-state index is -0.329. The van der Waals surface area contributed by atoms with Gasteiger partial charge in [0.05, 0.1) is 11.3 Å². The Balaban J connectivity index is 1.97. The Hall–Kier alpha value is -3.28. The third-order valence-electron chi connectivity index (χ3n) is 3.82. The summed E-state index contributed by atoms with van der Waals surface area (Å²) in [5.74, 6) is 0.145. The van der Waals surface area contributed by atoms with Crippen molar-refractivity contribution in [1.29, 1.82) is 0 Å². The summed E-state index contributed by atoms with van der Waals surface area (Å²) in [6.45, 7) is 0. The topological polar surface area (TPSA) is 67.6 Å². The average molecular weight is 322 g/mol. The highest BCUT2D eigenvalue weighted by molar-refractivity contribution is 5.91. The summed E-state index contributed by atoms with van der Waals surface area (Å²) in [6.07, 6.45) is 1.68. The van der Waals surface area contributed by atoms with Gasteiger partial charge in [-0.05, 0) is 42.0 Å². The van der Waals surface area contributed by atoms with Crippen LogP contribution in [-0.2, 0) is 0 Å². The molecule has 2 aromatic rings. The largest absolute Gasteiger partial charge is 0.369 e. The van der Waals surface area contributed by atoms with Gasteiger partial charge in [-0.3, -0.25) is 0 Å². The van der Waals surface area contributed by atoms with Crippen molar-refractivity contribution < 1.29 is 8.78 Å². The highest BCUT2D eigenvalue weighted by Gasteiger charge is 2.21. The van der Waals surface area contributed by atoms with Crippen LogP contribution >= 0.6 is 0 Å². The molecule has 0 fully saturated rings. The molecule has 0 saturated heterocycles. The summed E-state index contributed by atoms with van der Waals surface area (Å²) < 4.78 is 26.4. The molecular weight excluding hydrogens is 310 g/mol. The van der Waals surface area contributed by atoms with Crippen LogP contribution in [0.1, 0.15) is 0 Å². The predicted molar refractivity (Wildman–Crippen MR) is 88.2 cm³/mol. The van der Waals surface area contributed by atoms with Gasteiger partial charge >= 0.3 is 0 Å². The van der Waals surface area contributed by atoms with Gasteiger partial charge < -0.3 is 10.7 Å². The number of H-pyrrole nitrogens is 1. The van der Waals surface area contributed by atoms with Crippen molar-refractivity contribution in [1.82, 2.24) is 15.0 Å². The first-order valence-electron chi connectivity index (χ1n) is 7.28. The number of nitrogens with one attached hydrogen (secondary N) is 1. The monoisotopic (exact) mass is 322 g/mol. The lowest BCUT2D eigenvalue weighted by molar-refractivity contribution is 0.627. The number of nitrogens with two attached hydrogens (primary N) is 1. The molecule has 0 aromatic heterocycles. The molecular formula is C18H12F2N4. The number of benzene rings is 2. The molecule has 3 N–H and O–H groups in total. The SMILES string of the molecule is Nc1nc(-c2ccc(F)cc2)c2c(-c3ccc(F)cc3)cnc-2[nH]1. The molecule has 0 unspecified atom stereocenters. The lowest BCUT2D eigenvalue weighted by Gasteiger charge is -2.11. The van der Waals surface area contributed by atoms with Gasteiger partial charge in [-0.15, -0.1) is 0 Å². The van der Waals surface area contributed by atoms with Gasteiger partial charge in [-0.2, -0.15) is 0 Å². The summed E-state index contributed by atoms with van der Waals surface area (Å²) >= 11 is 0. The van der Waals surface area contributed by atoms with Crippen molar-refractivity contribution >= 4 is 5.95 Å². The van der Waals surface area contributed by atoms with Crippen molar-refractivity contribution in [2.24, 2.45) is 0 Å². The van der Waals surface area contributed by atoms with Crippen molar-refractivity contribution in [3.8, 4) is 33.8 Å². The average Bonchev–Trinajstić information content (AvgIpc) is 2.99. The maximum absolute atomic E-state index is 13.2. The van der Waals surface area contributed by atoms with Crippen molar-refractivity contribution in [3.63, 3.8) is 0 Å². The van der Waals surface area contributed by atoms with Crippen LogP contribution < -0.4 is 5.73 Å². The van der Waals surface area contributed by atoms with Gasteiger partial charge in [-0.1, -0.05) is 12.1 Å². The second-order valence-corrected chi connectivity index (χ2v) is 5.38. The van der Waals surface area contributed by atoms with E-state index >= 15 is 0 Å². The standard InChI is InChI=1S/C18H12F2N4/c19-12-5-1-10(2-6-12)14-9-22-17-15(14)16(23-18(21)24-17)11-3-7-13(20)8-4-11/h1-9H,(H3,21,22,23,24). The molecule has 24 heavy (non-hydrogen) atoms. The normalized spacial score (nSPS) is 11.1. The lowest BCUT2D eigenvalue weighted by Crippen LogP contribution is -2.01. The number of halogens is 2. The van der Waals surface area contributed by atoms with E-state index in [4.69, 9.17) is 5.73 Å². The first-order valence-corrected chi connectivity index (χ1v) is 7.28. The van der Waals surface area contributed by atoms with Gasteiger partial charge in [0.15, 0.2) is 5.95 Å². The summed E-state index contributed by atoms with van der Waals surface area (Å²) in [6, 6.07) is 12.1. The quantitative estimate of drug-likeness (QED) is 0.584. The highest BCUT2D eigenvalue weighted by atomic mass is 19.1. The number of rotatable bonds is 2. The number of fused-ring (bicyclic) bond motifs is 1. The molecule has 2 aliphatic heterocycles. The molecule has 0 spiro atoms. The molecule has 2 heterocycles. The predicted octanol–water partition coefficient (Wildman–Crippen LogP) is 4.10. The second kappa shape index (κ2) is 5.42. The molecule has 0 saturated carbocycles. The van der Waals surface area contributed by atoms with Crippen molar-refractivity contribution in [2.75, 3.05) is 5.73 Å². The van der Waals surface area contributed by atoms with E-state index in [0.717, 1.165) is 22.3 Å². The Morgan fingerprint density at radius 2 is 1.42 bits per heavy atom. The van der Waals surface area contributed by atoms with Crippen LogP contribution in [0.4, 0.5) is 14.7 Å². The number of anilines is 1. The van der Waals surface area contributed by atoms with Crippen LogP contribution in [0.5, 0.6) is 0 Å². The van der Waals surface area contributed by atoms with Crippen molar-refractivity contribution in [3.05, 3.63) is 66.4 Å². The Morgan fingerprint density at radius 3 is 2.04 bits per heavy atom. The maximum Gasteiger partial charge on any atom is 0.199 e. The fourth-order valence-electron chi connectivity index (χ4n) is 2.71. The second-order valence-electron chi connectivity index (χ2n) is 5.38. The van der Waals surface area contributed by atoms with Crippen LogP contribution in [0.2, 0.25) is 0 Å². The fraction of sp³-hybridized carbons (Fsp3) is 0. The van der Waals surface area contributed by atoms with E-state index in [9.17, 15) is 8.78 Å². The summed E-state index contributed by atoms with van der Waals surface area (Å²) in [7, 11) is 0. The van der Waals surface area contributed by atoms with E-state index in [1.165, 1.54) is 24.3 Å². The van der Waals surface area contributed by atoms with Gasteiger partial charge in [0.25, 0.3) is 0 Å². The molecule has 4 nitrogen and oxygen atoms in total. The van der Waals surface area contributed by atoms with E-state index in [0.29, 0.717) is 11.5 Å². The molecule has 0 bridgehead atoms. The molecule has 4 rings (SSSR count). The Bertz CT molecular complexity index is 975. The van der Waals surface area contributed by atoms with E-state index < -0.39 is 0 Å². The third kappa shape index (κ3) is 2.38. The lowest BCUT2D eigenvalue weighted by atomic mass is 9.98. The first-order chi connectivity index (χ1) is 11.6.